The number of benzene rings is 2. The molecule has 0 saturated heterocycles. The van der Waals surface area contributed by atoms with Gasteiger partial charge in [0.1, 0.15) is 0 Å². The largest absolute Gasteiger partial charge is 0.368 e. The van der Waals surface area contributed by atoms with E-state index in [0.717, 1.165) is 28.3 Å². The summed E-state index contributed by atoms with van der Waals surface area (Å²) in [5, 5.41) is 7.90. The van der Waals surface area contributed by atoms with Crippen LogP contribution in [-0.2, 0) is 17.0 Å². The lowest BCUT2D eigenvalue weighted by atomic mass is 10.0. The van der Waals surface area contributed by atoms with Crippen LogP contribution >= 0.6 is 11.8 Å². The second-order valence-electron chi connectivity index (χ2n) is 5.65. The molecule has 0 saturated carbocycles. The van der Waals surface area contributed by atoms with Gasteiger partial charge in [0.2, 0.25) is 11.1 Å². The SMILES string of the molecule is NC(=O)C(N)Cc1cccc(CSc2n[nH]c(-c3ccccc3)n2)c1. The molecule has 0 radical (unpaired) electrons. The zero-order valence-electron chi connectivity index (χ0n) is 13.6. The molecule has 5 N–H and O–H groups in total. The zero-order chi connectivity index (χ0) is 17.6. The van der Waals surface area contributed by atoms with E-state index in [9.17, 15) is 4.79 Å². The highest BCUT2D eigenvalue weighted by Gasteiger charge is 2.11. The molecule has 0 fully saturated rings. The molecule has 1 aromatic heterocycles. The second kappa shape index (κ2) is 7.96. The molecule has 1 heterocycles. The molecule has 25 heavy (non-hydrogen) atoms. The van der Waals surface area contributed by atoms with Crippen molar-refractivity contribution >= 4 is 17.7 Å². The molecular formula is C18H19N5OS. The highest BCUT2D eigenvalue weighted by molar-refractivity contribution is 7.98. The summed E-state index contributed by atoms with van der Waals surface area (Å²) in [7, 11) is 0. The third-order valence-electron chi connectivity index (χ3n) is 3.69. The van der Waals surface area contributed by atoms with Crippen LogP contribution in [0, 0.1) is 0 Å². The Kier molecular flexibility index (Phi) is 5.47. The summed E-state index contributed by atoms with van der Waals surface area (Å²) in [6, 6.07) is 17.2. The van der Waals surface area contributed by atoms with E-state index in [0.29, 0.717) is 11.6 Å². The van der Waals surface area contributed by atoms with E-state index in [4.69, 9.17) is 11.5 Å². The van der Waals surface area contributed by atoms with Gasteiger partial charge in [-0.25, -0.2) is 4.98 Å². The van der Waals surface area contributed by atoms with Crippen LogP contribution < -0.4 is 11.5 Å². The van der Waals surface area contributed by atoms with E-state index < -0.39 is 11.9 Å². The Labute approximate surface area is 150 Å². The number of amides is 1. The smallest absolute Gasteiger partial charge is 0.234 e. The maximum atomic E-state index is 11.1. The van der Waals surface area contributed by atoms with Gasteiger partial charge in [-0.05, 0) is 17.5 Å². The molecule has 0 bridgehead atoms. The number of aromatic amines is 1. The van der Waals surface area contributed by atoms with Crippen molar-refractivity contribution in [3.63, 3.8) is 0 Å². The molecule has 1 unspecified atom stereocenters. The van der Waals surface area contributed by atoms with Crippen molar-refractivity contribution in [2.75, 3.05) is 0 Å². The Balaban J connectivity index is 1.62. The first-order chi connectivity index (χ1) is 12.1. The standard InChI is InChI=1S/C18H19N5OS/c19-15(16(20)24)10-12-5-4-6-13(9-12)11-25-18-21-17(22-23-18)14-7-2-1-3-8-14/h1-9,15H,10-11,19H2,(H2,20,24)(H,21,22,23). The molecule has 0 aliphatic rings. The molecule has 0 spiro atoms. The van der Waals surface area contributed by atoms with Crippen molar-refractivity contribution in [1.29, 1.82) is 0 Å². The number of carbonyl (C=O) groups is 1. The fraction of sp³-hybridized carbons (Fsp3) is 0.167. The third kappa shape index (κ3) is 4.68. The lowest BCUT2D eigenvalue weighted by molar-refractivity contribution is -0.119. The Morgan fingerprint density at radius 3 is 2.64 bits per heavy atom. The van der Waals surface area contributed by atoms with Gasteiger partial charge in [-0.3, -0.25) is 9.89 Å². The fourth-order valence-corrected chi connectivity index (χ4v) is 3.13. The van der Waals surface area contributed by atoms with Crippen molar-refractivity contribution in [3.05, 3.63) is 65.7 Å². The van der Waals surface area contributed by atoms with Gasteiger partial charge in [0, 0.05) is 11.3 Å². The van der Waals surface area contributed by atoms with Crippen LogP contribution in [0.2, 0.25) is 0 Å². The number of aromatic nitrogens is 3. The van der Waals surface area contributed by atoms with E-state index >= 15 is 0 Å². The first kappa shape index (κ1) is 17.2. The lowest BCUT2D eigenvalue weighted by Gasteiger charge is -2.08. The van der Waals surface area contributed by atoms with E-state index in [-0.39, 0.29) is 0 Å². The third-order valence-corrected chi connectivity index (χ3v) is 4.61. The molecule has 0 aliphatic carbocycles. The Hall–Kier alpha value is -2.64. The number of nitrogens with one attached hydrogen (secondary N) is 1. The fourth-order valence-electron chi connectivity index (χ4n) is 2.38. The van der Waals surface area contributed by atoms with Crippen molar-refractivity contribution in [2.45, 2.75) is 23.4 Å². The number of primary amides is 1. The van der Waals surface area contributed by atoms with Gasteiger partial charge in [0.05, 0.1) is 6.04 Å². The van der Waals surface area contributed by atoms with Crippen molar-refractivity contribution < 1.29 is 4.79 Å². The van der Waals surface area contributed by atoms with Crippen LogP contribution in [-0.4, -0.2) is 27.1 Å². The van der Waals surface area contributed by atoms with Gasteiger partial charge >= 0.3 is 0 Å². The number of nitrogens with two attached hydrogens (primary N) is 2. The van der Waals surface area contributed by atoms with E-state index in [1.165, 1.54) is 0 Å². The molecule has 128 valence electrons. The van der Waals surface area contributed by atoms with E-state index in [1.807, 2.05) is 54.6 Å². The highest BCUT2D eigenvalue weighted by Crippen LogP contribution is 2.22. The zero-order valence-corrected chi connectivity index (χ0v) is 14.4. The minimum atomic E-state index is -0.663. The van der Waals surface area contributed by atoms with Crippen molar-refractivity contribution in [3.8, 4) is 11.4 Å². The van der Waals surface area contributed by atoms with Gasteiger partial charge < -0.3 is 11.5 Å². The first-order valence-corrected chi connectivity index (χ1v) is 8.84. The molecule has 1 atom stereocenters. The van der Waals surface area contributed by atoms with Gasteiger partial charge in [-0.15, -0.1) is 5.10 Å². The van der Waals surface area contributed by atoms with Crippen LogP contribution in [0.4, 0.5) is 0 Å². The Morgan fingerprint density at radius 2 is 1.88 bits per heavy atom. The molecule has 0 aliphatic heterocycles. The predicted molar refractivity (Wildman–Crippen MR) is 98.7 cm³/mol. The number of hydrogen-bond acceptors (Lipinski definition) is 5. The minimum absolute atomic E-state index is 0.437. The number of hydrogen-bond donors (Lipinski definition) is 3. The molecule has 3 aromatic rings. The summed E-state index contributed by atoms with van der Waals surface area (Å²) in [4.78, 5) is 15.6. The van der Waals surface area contributed by atoms with Crippen LogP contribution in [0.3, 0.4) is 0 Å². The second-order valence-corrected chi connectivity index (χ2v) is 6.60. The highest BCUT2D eigenvalue weighted by atomic mass is 32.2. The van der Waals surface area contributed by atoms with E-state index in [2.05, 4.69) is 15.2 Å². The molecule has 2 aromatic carbocycles. The number of nitrogens with zero attached hydrogens (tertiary/aromatic N) is 2. The number of H-pyrrole nitrogens is 1. The van der Waals surface area contributed by atoms with Crippen LogP contribution in [0.1, 0.15) is 11.1 Å². The molecule has 6 nitrogen and oxygen atoms in total. The summed E-state index contributed by atoms with van der Waals surface area (Å²) in [5.41, 5.74) is 14.0. The number of carbonyl (C=O) groups excluding carboxylic acids is 1. The monoisotopic (exact) mass is 353 g/mol. The van der Waals surface area contributed by atoms with E-state index in [1.54, 1.807) is 11.8 Å². The summed E-state index contributed by atoms with van der Waals surface area (Å²) < 4.78 is 0. The maximum Gasteiger partial charge on any atom is 0.234 e. The summed E-state index contributed by atoms with van der Waals surface area (Å²) in [5.74, 6) is 0.990. The lowest BCUT2D eigenvalue weighted by Crippen LogP contribution is -2.38. The maximum absolute atomic E-state index is 11.1. The Bertz CT molecular complexity index is 849. The number of thioether (sulfide) groups is 1. The van der Waals surface area contributed by atoms with Crippen LogP contribution in [0.25, 0.3) is 11.4 Å². The molecule has 3 rings (SSSR count). The molecular weight excluding hydrogens is 334 g/mol. The van der Waals surface area contributed by atoms with Crippen LogP contribution in [0.5, 0.6) is 0 Å². The van der Waals surface area contributed by atoms with Crippen molar-refractivity contribution in [2.24, 2.45) is 11.5 Å². The topological polar surface area (TPSA) is 111 Å². The average Bonchev–Trinajstić information content (AvgIpc) is 3.10. The summed E-state index contributed by atoms with van der Waals surface area (Å²) in [6.07, 6.45) is 0.437. The quantitative estimate of drug-likeness (QED) is 0.564. The normalized spacial score (nSPS) is 12.0. The Morgan fingerprint density at radius 1 is 1.12 bits per heavy atom. The van der Waals surface area contributed by atoms with Gasteiger partial charge in [-0.1, -0.05) is 66.4 Å². The number of rotatable bonds is 7. The van der Waals surface area contributed by atoms with Gasteiger partial charge in [0.15, 0.2) is 5.82 Å². The predicted octanol–water partition coefficient (Wildman–Crippen LogP) is 2.12. The summed E-state index contributed by atoms with van der Waals surface area (Å²) in [6.45, 7) is 0. The van der Waals surface area contributed by atoms with Crippen molar-refractivity contribution in [1.82, 2.24) is 15.2 Å². The molecule has 1 amide bonds. The first-order valence-electron chi connectivity index (χ1n) is 7.85. The van der Waals surface area contributed by atoms with Gasteiger partial charge in [0.25, 0.3) is 0 Å². The summed E-state index contributed by atoms with van der Waals surface area (Å²) >= 11 is 1.55. The van der Waals surface area contributed by atoms with Crippen LogP contribution in [0.15, 0.2) is 59.8 Å². The minimum Gasteiger partial charge on any atom is -0.368 e. The molecule has 7 heteroatoms. The van der Waals surface area contributed by atoms with Gasteiger partial charge in [-0.2, -0.15) is 0 Å². The average molecular weight is 353 g/mol.